The summed E-state index contributed by atoms with van der Waals surface area (Å²) in [7, 11) is 0. The third-order valence-corrected chi connectivity index (χ3v) is 3.23. The highest BCUT2D eigenvalue weighted by molar-refractivity contribution is 6.34. The molecule has 2 heterocycles. The van der Waals surface area contributed by atoms with Crippen LogP contribution in [-0.2, 0) is 0 Å². The van der Waals surface area contributed by atoms with E-state index in [9.17, 15) is 0 Å². The number of nitrogens with zero attached hydrogens (tertiary/aromatic N) is 2. The predicted molar refractivity (Wildman–Crippen MR) is 70.6 cm³/mol. The molecule has 0 amide bonds. The molecule has 4 heteroatoms. The Hall–Kier alpha value is -1.51. The summed E-state index contributed by atoms with van der Waals surface area (Å²) >= 11 is 12.3. The van der Waals surface area contributed by atoms with Crippen LogP contribution in [0.25, 0.3) is 16.9 Å². The van der Waals surface area contributed by atoms with Crippen molar-refractivity contribution in [3.05, 3.63) is 58.8 Å². The number of pyridine rings is 1. The summed E-state index contributed by atoms with van der Waals surface area (Å²) < 4.78 is 1.93. The van der Waals surface area contributed by atoms with Crippen LogP contribution in [0.15, 0.2) is 48.7 Å². The van der Waals surface area contributed by atoms with Gasteiger partial charge in [0, 0.05) is 11.8 Å². The molecule has 0 saturated heterocycles. The highest BCUT2D eigenvalue weighted by Gasteiger charge is 2.12. The van der Waals surface area contributed by atoms with Crippen molar-refractivity contribution in [3.8, 4) is 11.4 Å². The molecule has 0 unspecified atom stereocenters. The summed E-state index contributed by atoms with van der Waals surface area (Å²) in [5.41, 5.74) is 1.76. The van der Waals surface area contributed by atoms with Crippen LogP contribution in [-0.4, -0.2) is 9.38 Å². The molecule has 0 N–H and O–H groups in total. The third-order valence-electron chi connectivity index (χ3n) is 2.62. The van der Waals surface area contributed by atoms with Gasteiger partial charge in [0.15, 0.2) is 5.15 Å². The fraction of sp³-hybridized carbons (Fsp3) is 0. The Kier molecular flexibility index (Phi) is 2.54. The molecule has 17 heavy (non-hydrogen) atoms. The molecule has 0 aliphatic rings. The Morgan fingerprint density at radius 2 is 1.71 bits per heavy atom. The van der Waals surface area contributed by atoms with E-state index in [-0.39, 0.29) is 0 Å². The molecule has 1 aromatic carbocycles. The van der Waals surface area contributed by atoms with Crippen LogP contribution in [0.3, 0.4) is 0 Å². The lowest BCUT2D eigenvalue weighted by Gasteiger charge is -2.02. The maximum Gasteiger partial charge on any atom is 0.155 e. The molecular formula is C13H8Cl2N2. The van der Waals surface area contributed by atoms with E-state index in [0.29, 0.717) is 10.2 Å². The lowest BCUT2D eigenvalue weighted by atomic mass is 10.2. The Morgan fingerprint density at radius 1 is 0.941 bits per heavy atom. The molecule has 3 aromatic rings. The molecule has 0 saturated carbocycles. The van der Waals surface area contributed by atoms with Gasteiger partial charge in [-0.2, -0.15) is 0 Å². The molecule has 0 radical (unpaired) electrons. The minimum atomic E-state index is 0.487. The topological polar surface area (TPSA) is 17.3 Å². The van der Waals surface area contributed by atoms with E-state index in [2.05, 4.69) is 4.98 Å². The molecule has 0 atom stereocenters. The first-order valence-electron chi connectivity index (χ1n) is 5.15. The average molecular weight is 263 g/mol. The molecule has 2 nitrogen and oxygen atoms in total. The highest BCUT2D eigenvalue weighted by atomic mass is 35.5. The number of hydrogen-bond donors (Lipinski definition) is 0. The second-order valence-corrected chi connectivity index (χ2v) is 4.43. The summed E-state index contributed by atoms with van der Waals surface area (Å²) in [4.78, 5) is 4.36. The van der Waals surface area contributed by atoms with Gasteiger partial charge in [0.25, 0.3) is 0 Å². The summed E-state index contributed by atoms with van der Waals surface area (Å²) in [5, 5.41) is 1.15. The van der Waals surface area contributed by atoms with Crippen molar-refractivity contribution in [1.29, 1.82) is 0 Å². The van der Waals surface area contributed by atoms with E-state index >= 15 is 0 Å². The van der Waals surface area contributed by atoms with E-state index in [4.69, 9.17) is 23.2 Å². The second-order valence-electron chi connectivity index (χ2n) is 3.66. The molecule has 0 bridgehead atoms. The quantitative estimate of drug-likeness (QED) is 0.639. The fourth-order valence-corrected chi connectivity index (χ4v) is 2.29. The smallest absolute Gasteiger partial charge is 0.155 e. The molecule has 3 rings (SSSR count). The van der Waals surface area contributed by atoms with Crippen LogP contribution in [0.2, 0.25) is 10.2 Å². The van der Waals surface area contributed by atoms with Gasteiger partial charge in [-0.25, -0.2) is 4.98 Å². The molecule has 2 aromatic heterocycles. The normalized spacial score (nSPS) is 10.9. The van der Waals surface area contributed by atoms with Crippen molar-refractivity contribution in [1.82, 2.24) is 9.38 Å². The standard InChI is InChI=1S/C13H8Cl2N2/c14-10-6-2-1-5-9(10)13-16-12(15)11-7-3-4-8-17(11)13/h1-8H. The van der Waals surface area contributed by atoms with E-state index in [1.165, 1.54) is 0 Å². The minimum absolute atomic E-state index is 0.487. The SMILES string of the molecule is Clc1ccccc1-c1nc(Cl)c2ccccn12. The molecule has 0 fully saturated rings. The van der Waals surface area contributed by atoms with Gasteiger partial charge in [0.2, 0.25) is 0 Å². The fourth-order valence-electron chi connectivity index (χ4n) is 1.83. The molecule has 0 aliphatic carbocycles. The largest absolute Gasteiger partial charge is 0.298 e. The number of aromatic nitrogens is 2. The first kappa shape index (κ1) is 10.6. The van der Waals surface area contributed by atoms with E-state index in [1.807, 2.05) is 53.1 Å². The minimum Gasteiger partial charge on any atom is -0.298 e. The van der Waals surface area contributed by atoms with Crippen LogP contribution < -0.4 is 0 Å². The summed E-state index contributed by atoms with van der Waals surface area (Å²) in [6.45, 7) is 0. The van der Waals surface area contributed by atoms with Crippen molar-refractivity contribution in [3.63, 3.8) is 0 Å². The monoisotopic (exact) mass is 262 g/mol. The summed E-state index contributed by atoms with van der Waals surface area (Å²) in [6, 6.07) is 13.4. The number of hydrogen-bond acceptors (Lipinski definition) is 1. The van der Waals surface area contributed by atoms with Gasteiger partial charge in [-0.3, -0.25) is 4.40 Å². The number of halogens is 2. The van der Waals surface area contributed by atoms with Gasteiger partial charge in [-0.05, 0) is 24.3 Å². The van der Waals surface area contributed by atoms with Gasteiger partial charge in [0.05, 0.1) is 10.5 Å². The van der Waals surface area contributed by atoms with E-state index in [1.54, 1.807) is 0 Å². The van der Waals surface area contributed by atoms with Crippen molar-refractivity contribution in [2.24, 2.45) is 0 Å². The maximum absolute atomic E-state index is 6.17. The maximum atomic E-state index is 6.17. The Balaban J connectivity index is 2.35. The van der Waals surface area contributed by atoms with Crippen molar-refractivity contribution in [2.75, 3.05) is 0 Å². The van der Waals surface area contributed by atoms with Crippen LogP contribution in [0.1, 0.15) is 0 Å². The number of fused-ring (bicyclic) bond motifs is 1. The zero-order valence-electron chi connectivity index (χ0n) is 8.77. The zero-order valence-corrected chi connectivity index (χ0v) is 10.3. The lowest BCUT2D eigenvalue weighted by molar-refractivity contribution is 1.16. The predicted octanol–water partition coefficient (Wildman–Crippen LogP) is 4.31. The Morgan fingerprint density at radius 3 is 2.53 bits per heavy atom. The average Bonchev–Trinajstić information content (AvgIpc) is 2.68. The van der Waals surface area contributed by atoms with Gasteiger partial charge >= 0.3 is 0 Å². The molecule has 0 aliphatic heterocycles. The van der Waals surface area contributed by atoms with Crippen LogP contribution in [0.4, 0.5) is 0 Å². The van der Waals surface area contributed by atoms with Crippen molar-refractivity contribution >= 4 is 28.7 Å². The number of benzene rings is 1. The summed E-state index contributed by atoms with van der Waals surface area (Å²) in [6.07, 6.45) is 1.92. The molecule has 84 valence electrons. The first-order chi connectivity index (χ1) is 8.27. The van der Waals surface area contributed by atoms with Gasteiger partial charge in [-0.1, -0.05) is 41.4 Å². The van der Waals surface area contributed by atoms with Crippen molar-refractivity contribution < 1.29 is 0 Å². The lowest BCUT2D eigenvalue weighted by Crippen LogP contribution is -1.88. The first-order valence-corrected chi connectivity index (χ1v) is 5.90. The van der Waals surface area contributed by atoms with Crippen LogP contribution >= 0.6 is 23.2 Å². The Bertz CT molecular complexity index is 689. The Labute approximate surface area is 108 Å². The van der Waals surface area contributed by atoms with E-state index in [0.717, 1.165) is 16.9 Å². The van der Waals surface area contributed by atoms with Gasteiger partial charge in [0.1, 0.15) is 5.82 Å². The third kappa shape index (κ3) is 1.70. The van der Waals surface area contributed by atoms with Crippen molar-refractivity contribution in [2.45, 2.75) is 0 Å². The van der Waals surface area contributed by atoms with Crippen LogP contribution in [0.5, 0.6) is 0 Å². The highest BCUT2D eigenvalue weighted by Crippen LogP contribution is 2.30. The molecule has 0 spiro atoms. The molecular weight excluding hydrogens is 255 g/mol. The van der Waals surface area contributed by atoms with Crippen LogP contribution in [0, 0.1) is 0 Å². The van der Waals surface area contributed by atoms with Gasteiger partial charge < -0.3 is 0 Å². The summed E-state index contributed by atoms with van der Waals surface area (Å²) in [5.74, 6) is 0.760. The van der Waals surface area contributed by atoms with E-state index < -0.39 is 0 Å². The number of imidazole rings is 1. The number of rotatable bonds is 1. The van der Waals surface area contributed by atoms with Gasteiger partial charge in [-0.15, -0.1) is 0 Å². The zero-order chi connectivity index (χ0) is 11.8. The second kappa shape index (κ2) is 4.06.